The first-order valence-corrected chi connectivity index (χ1v) is 7.61. The van der Waals surface area contributed by atoms with Crippen molar-refractivity contribution in [2.45, 2.75) is 25.7 Å². The van der Waals surface area contributed by atoms with Crippen molar-refractivity contribution in [2.24, 2.45) is 5.92 Å². The third-order valence-electron chi connectivity index (χ3n) is 4.05. The lowest BCUT2D eigenvalue weighted by atomic mass is 10.0. The van der Waals surface area contributed by atoms with Crippen LogP contribution < -0.4 is 10.1 Å². The highest BCUT2D eigenvalue weighted by molar-refractivity contribution is 5.87. The minimum absolute atomic E-state index is 0.231. The van der Waals surface area contributed by atoms with Crippen molar-refractivity contribution in [3.63, 3.8) is 0 Å². The molecule has 1 N–H and O–H groups in total. The average molecular weight is 283 g/mol. The molecule has 2 aromatic carbocycles. The van der Waals surface area contributed by atoms with Crippen LogP contribution in [0.25, 0.3) is 10.8 Å². The lowest BCUT2D eigenvalue weighted by molar-refractivity contribution is -0.122. The Morgan fingerprint density at radius 1 is 1.29 bits per heavy atom. The topological polar surface area (TPSA) is 38.3 Å². The fourth-order valence-corrected chi connectivity index (χ4v) is 2.64. The van der Waals surface area contributed by atoms with Gasteiger partial charge in [0.15, 0.2) is 0 Å². The van der Waals surface area contributed by atoms with Crippen LogP contribution in [-0.4, -0.2) is 19.6 Å². The Morgan fingerprint density at radius 2 is 2.14 bits per heavy atom. The van der Waals surface area contributed by atoms with E-state index in [9.17, 15) is 4.79 Å². The predicted molar refractivity (Wildman–Crippen MR) is 84.6 cm³/mol. The van der Waals surface area contributed by atoms with Gasteiger partial charge in [0, 0.05) is 12.5 Å². The van der Waals surface area contributed by atoms with Gasteiger partial charge in [-0.15, -0.1) is 0 Å². The van der Waals surface area contributed by atoms with Crippen LogP contribution in [0, 0.1) is 5.92 Å². The Kier molecular flexibility index (Phi) is 4.09. The van der Waals surface area contributed by atoms with E-state index in [4.69, 9.17) is 4.74 Å². The van der Waals surface area contributed by atoms with Crippen LogP contribution in [0.2, 0.25) is 0 Å². The number of rotatable bonds is 6. The highest BCUT2D eigenvalue weighted by Gasteiger charge is 2.28. The number of benzene rings is 2. The van der Waals surface area contributed by atoms with Gasteiger partial charge in [0.2, 0.25) is 5.91 Å². The second kappa shape index (κ2) is 6.17. The van der Waals surface area contributed by atoms with E-state index in [-0.39, 0.29) is 5.91 Å². The third-order valence-corrected chi connectivity index (χ3v) is 4.05. The van der Waals surface area contributed by atoms with Crippen LogP contribution >= 0.6 is 0 Å². The van der Waals surface area contributed by atoms with E-state index >= 15 is 0 Å². The van der Waals surface area contributed by atoms with Gasteiger partial charge in [0.25, 0.3) is 0 Å². The summed E-state index contributed by atoms with van der Waals surface area (Å²) < 4.78 is 5.31. The first-order chi connectivity index (χ1) is 10.3. The molecule has 1 amide bonds. The molecule has 0 radical (unpaired) electrons. The molecule has 1 fully saturated rings. The zero-order valence-corrected chi connectivity index (χ0v) is 12.4. The molecule has 0 bridgehead atoms. The molecule has 0 atom stereocenters. The van der Waals surface area contributed by atoms with Crippen molar-refractivity contribution in [2.75, 3.05) is 13.7 Å². The van der Waals surface area contributed by atoms with Gasteiger partial charge in [-0.1, -0.05) is 24.3 Å². The molecule has 0 saturated heterocycles. The van der Waals surface area contributed by atoms with Gasteiger partial charge in [-0.3, -0.25) is 4.79 Å². The number of aryl methyl sites for hydroxylation is 1. The van der Waals surface area contributed by atoms with Gasteiger partial charge >= 0.3 is 0 Å². The molecule has 0 spiro atoms. The number of amides is 1. The fourth-order valence-electron chi connectivity index (χ4n) is 2.64. The van der Waals surface area contributed by atoms with Crippen molar-refractivity contribution in [1.82, 2.24) is 5.32 Å². The van der Waals surface area contributed by atoms with Crippen molar-refractivity contribution in [1.29, 1.82) is 0 Å². The summed E-state index contributed by atoms with van der Waals surface area (Å²) >= 11 is 0. The lowest BCUT2D eigenvalue weighted by Gasteiger charge is -2.09. The largest absolute Gasteiger partial charge is 0.497 e. The molecule has 1 aliphatic carbocycles. The van der Waals surface area contributed by atoms with Gasteiger partial charge in [-0.25, -0.2) is 0 Å². The molecule has 0 aromatic heterocycles. The molecule has 3 nitrogen and oxygen atoms in total. The normalized spacial score (nSPS) is 14.1. The van der Waals surface area contributed by atoms with Crippen molar-refractivity contribution >= 4 is 16.7 Å². The van der Waals surface area contributed by atoms with Crippen molar-refractivity contribution in [3.05, 3.63) is 42.0 Å². The summed E-state index contributed by atoms with van der Waals surface area (Å²) in [7, 11) is 1.69. The zero-order chi connectivity index (χ0) is 14.7. The molecule has 0 aliphatic heterocycles. The Bertz CT molecular complexity index is 647. The number of ether oxygens (including phenoxy) is 1. The Morgan fingerprint density at radius 3 is 2.90 bits per heavy atom. The van der Waals surface area contributed by atoms with Crippen LogP contribution in [0.1, 0.15) is 24.8 Å². The number of carbonyl (C=O) groups is 1. The minimum Gasteiger partial charge on any atom is -0.497 e. The summed E-state index contributed by atoms with van der Waals surface area (Å²) in [4.78, 5) is 11.6. The molecule has 3 rings (SSSR count). The van der Waals surface area contributed by atoms with E-state index < -0.39 is 0 Å². The lowest BCUT2D eigenvalue weighted by Crippen LogP contribution is -2.26. The molecular formula is C18H21NO2. The summed E-state index contributed by atoms with van der Waals surface area (Å²) in [5.74, 6) is 1.42. The molecule has 1 saturated carbocycles. The molecule has 0 unspecified atom stereocenters. The number of fused-ring (bicyclic) bond motifs is 1. The van der Waals surface area contributed by atoms with Crippen LogP contribution in [0.15, 0.2) is 36.4 Å². The SMILES string of the molecule is COc1ccc2cccc(CCCNC(=O)C3CC3)c2c1. The molecule has 1 aliphatic rings. The van der Waals surface area contributed by atoms with Crippen LogP contribution in [0.3, 0.4) is 0 Å². The summed E-state index contributed by atoms with van der Waals surface area (Å²) in [5.41, 5.74) is 1.31. The van der Waals surface area contributed by atoms with Crippen LogP contribution in [-0.2, 0) is 11.2 Å². The van der Waals surface area contributed by atoms with Gasteiger partial charge < -0.3 is 10.1 Å². The monoisotopic (exact) mass is 283 g/mol. The van der Waals surface area contributed by atoms with E-state index in [1.54, 1.807) is 7.11 Å². The molecule has 21 heavy (non-hydrogen) atoms. The number of hydrogen-bond donors (Lipinski definition) is 1. The molecule has 3 heteroatoms. The Hall–Kier alpha value is -2.03. The maximum Gasteiger partial charge on any atom is 0.223 e. The Labute approximate surface area is 125 Å². The number of hydrogen-bond acceptors (Lipinski definition) is 2. The van der Waals surface area contributed by atoms with Gasteiger partial charge in [-0.05, 0) is 54.2 Å². The molecular weight excluding hydrogens is 262 g/mol. The third kappa shape index (κ3) is 3.35. The number of methoxy groups -OCH3 is 1. The number of nitrogens with one attached hydrogen (secondary N) is 1. The highest BCUT2D eigenvalue weighted by Crippen LogP contribution is 2.28. The van der Waals surface area contributed by atoms with Gasteiger partial charge in [-0.2, -0.15) is 0 Å². The Balaban J connectivity index is 1.63. The summed E-state index contributed by atoms with van der Waals surface area (Å²) in [5, 5.41) is 5.49. The smallest absolute Gasteiger partial charge is 0.223 e. The molecule has 0 heterocycles. The van der Waals surface area contributed by atoms with E-state index in [1.165, 1.54) is 16.3 Å². The van der Waals surface area contributed by atoms with E-state index in [2.05, 4.69) is 35.6 Å². The summed E-state index contributed by atoms with van der Waals surface area (Å²) in [6.07, 6.45) is 4.06. The quantitative estimate of drug-likeness (QED) is 0.826. The maximum atomic E-state index is 11.6. The second-order valence-electron chi connectivity index (χ2n) is 5.67. The highest BCUT2D eigenvalue weighted by atomic mass is 16.5. The summed E-state index contributed by atoms with van der Waals surface area (Å²) in [6, 6.07) is 12.5. The summed E-state index contributed by atoms with van der Waals surface area (Å²) in [6.45, 7) is 0.760. The van der Waals surface area contributed by atoms with E-state index in [0.29, 0.717) is 5.92 Å². The van der Waals surface area contributed by atoms with Crippen molar-refractivity contribution in [3.8, 4) is 5.75 Å². The zero-order valence-electron chi connectivity index (χ0n) is 12.4. The molecule has 110 valence electrons. The van der Waals surface area contributed by atoms with Crippen LogP contribution in [0.4, 0.5) is 0 Å². The molecule has 2 aromatic rings. The van der Waals surface area contributed by atoms with Crippen molar-refractivity contribution < 1.29 is 9.53 Å². The fraction of sp³-hybridized carbons (Fsp3) is 0.389. The van der Waals surface area contributed by atoms with Crippen LogP contribution in [0.5, 0.6) is 5.75 Å². The standard InChI is InChI=1S/C18H21NO2/c1-21-16-10-9-14-5-2-4-13(17(14)12-16)6-3-11-19-18(20)15-7-8-15/h2,4-5,9-10,12,15H,3,6-8,11H2,1H3,(H,19,20). The average Bonchev–Trinajstić information content (AvgIpc) is 3.35. The first kappa shape index (κ1) is 13.9. The first-order valence-electron chi connectivity index (χ1n) is 7.61. The van der Waals surface area contributed by atoms with E-state index in [0.717, 1.165) is 38.0 Å². The minimum atomic E-state index is 0.231. The van der Waals surface area contributed by atoms with Gasteiger partial charge in [0.1, 0.15) is 5.75 Å². The van der Waals surface area contributed by atoms with E-state index in [1.807, 2.05) is 6.07 Å². The van der Waals surface area contributed by atoms with Gasteiger partial charge in [0.05, 0.1) is 7.11 Å². The predicted octanol–water partition coefficient (Wildman–Crippen LogP) is 3.31. The number of carbonyl (C=O) groups excluding carboxylic acids is 1. The maximum absolute atomic E-state index is 11.6. The second-order valence-corrected chi connectivity index (χ2v) is 5.67.